The molecule has 0 bridgehead atoms. The lowest BCUT2D eigenvalue weighted by molar-refractivity contribution is 0.0601. The Morgan fingerprint density at radius 2 is 2.15 bits per heavy atom. The van der Waals surface area contributed by atoms with Gasteiger partial charge in [0.05, 0.1) is 12.7 Å². The average molecular weight is 393 g/mol. The van der Waals surface area contributed by atoms with E-state index in [4.69, 9.17) is 17.0 Å². The number of carbonyl (C=O) groups excluding carboxylic acids is 1. The summed E-state index contributed by atoms with van der Waals surface area (Å²) in [4.78, 5) is 15.2. The molecule has 0 fully saturated rings. The van der Waals surface area contributed by atoms with E-state index < -0.39 is 0 Å². The molecule has 0 aliphatic carbocycles. The maximum atomic E-state index is 13.6. The number of ether oxygens (including phenoxy) is 1. The van der Waals surface area contributed by atoms with Gasteiger partial charge >= 0.3 is 5.97 Å². The SMILES string of the molecule is COC(=O)c1c(NC(=S)N2c3ccc(F)cc3CCC2C)sc(C)c1C. The maximum Gasteiger partial charge on any atom is 0.341 e. The number of carbonyl (C=O) groups is 1. The zero-order valence-corrected chi connectivity index (χ0v) is 16.8. The molecule has 1 N–H and O–H groups in total. The highest BCUT2D eigenvalue weighted by Gasteiger charge is 2.28. The maximum absolute atomic E-state index is 13.6. The largest absolute Gasteiger partial charge is 0.465 e. The van der Waals surface area contributed by atoms with E-state index in [9.17, 15) is 9.18 Å². The van der Waals surface area contributed by atoms with Gasteiger partial charge in [-0.1, -0.05) is 0 Å². The minimum atomic E-state index is -0.383. The Morgan fingerprint density at radius 1 is 1.42 bits per heavy atom. The smallest absolute Gasteiger partial charge is 0.341 e. The van der Waals surface area contributed by atoms with Crippen molar-refractivity contribution in [3.63, 3.8) is 0 Å². The van der Waals surface area contributed by atoms with Gasteiger partial charge in [-0.05, 0) is 75.2 Å². The fraction of sp³-hybridized carbons (Fsp3) is 0.368. The van der Waals surface area contributed by atoms with Crippen molar-refractivity contribution in [1.29, 1.82) is 0 Å². The first-order valence-corrected chi connectivity index (χ1v) is 9.63. The van der Waals surface area contributed by atoms with E-state index in [0.29, 0.717) is 15.7 Å². The molecule has 4 nitrogen and oxygen atoms in total. The topological polar surface area (TPSA) is 41.6 Å². The lowest BCUT2D eigenvalue weighted by atomic mass is 9.97. The van der Waals surface area contributed by atoms with Crippen molar-refractivity contribution in [2.24, 2.45) is 0 Å². The third kappa shape index (κ3) is 3.33. The number of aryl methyl sites for hydroxylation is 2. The summed E-state index contributed by atoms with van der Waals surface area (Å²) in [5.41, 5.74) is 3.26. The van der Waals surface area contributed by atoms with Crippen LogP contribution in [0.1, 0.15) is 39.7 Å². The van der Waals surface area contributed by atoms with E-state index in [1.165, 1.54) is 24.5 Å². The number of halogens is 1. The Morgan fingerprint density at radius 3 is 2.85 bits per heavy atom. The first-order chi connectivity index (χ1) is 12.3. The lowest BCUT2D eigenvalue weighted by Gasteiger charge is -2.37. The van der Waals surface area contributed by atoms with Crippen molar-refractivity contribution in [2.75, 3.05) is 17.3 Å². The summed E-state index contributed by atoms with van der Waals surface area (Å²) in [7, 11) is 1.37. The first kappa shape index (κ1) is 18.8. The molecular weight excluding hydrogens is 371 g/mol. The Bertz CT molecular complexity index is 879. The average Bonchev–Trinajstić information content (AvgIpc) is 2.88. The molecule has 1 unspecified atom stereocenters. The monoisotopic (exact) mass is 392 g/mol. The van der Waals surface area contributed by atoms with Crippen LogP contribution in [0.5, 0.6) is 0 Å². The third-order valence-electron chi connectivity index (χ3n) is 4.79. The quantitative estimate of drug-likeness (QED) is 0.586. The molecule has 1 aliphatic rings. The fourth-order valence-electron chi connectivity index (χ4n) is 3.25. The number of rotatable bonds is 2. The van der Waals surface area contributed by atoms with Gasteiger partial charge in [-0.2, -0.15) is 0 Å². The molecule has 1 aliphatic heterocycles. The summed E-state index contributed by atoms with van der Waals surface area (Å²) in [6.07, 6.45) is 1.70. The van der Waals surface area contributed by atoms with Crippen molar-refractivity contribution in [3.8, 4) is 0 Å². The Kier molecular flexibility index (Phi) is 5.29. The zero-order valence-electron chi connectivity index (χ0n) is 15.2. The highest BCUT2D eigenvalue weighted by atomic mass is 32.1. The standard InChI is InChI=1S/C19H21FN2O2S2/c1-10-5-6-13-9-14(20)7-8-15(13)22(10)19(25)21-17-16(18(23)24-4)11(2)12(3)26-17/h7-10H,5-6H2,1-4H3,(H,21,25). The van der Waals surface area contributed by atoms with Crippen LogP contribution in [0.4, 0.5) is 15.1 Å². The highest BCUT2D eigenvalue weighted by molar-refractivity contribution is 7.80. The number of hydrogen-bond donors (Lipinski definition) is 1. The minimum absolute atomic E-state index is 0.177. The number of thiophene rings is 1. The number of anilines is 2. The Hall–Kier alpha value is -1.99. The molecule has 7 heteroatoms. The summed E-state index contributed by atoms with van der Waals surface area (Å²) in [5, 5.41) is 4.40. The number of nitrogens with zero attached hydrogens (tertiary/aromatic N) is 1. The molecule has 26 heavy (non-hydrogen) atoms. The first-order valence-electron chi connectivity index (χ1n) is 8.40. The number of benzene rings is 1. The van der Waals surface area contributed by atoms with Crippen molar-refractivity contribution in [1.82, 2.24) is 0 Å². The second-order valence-corrected chi connectivity index (χ2v) is 8.05. The second-order valence-electron chi connectivity index (χ2n) is 6.44. The van der Waals surface area contributed by atoms with Gasteiger partial charge in [0.1, 0.15) is 10.8 Å². The van der Waals surface area contributed by atoms with Gasteiger partial charge in [-0.25, -0.2) is 9.18 Å². The predicted octanol–water partition coefficient (Wildman–Crippen LogP) is 4.83. The van der Waals surface area contributed by atoms with E-state index >= 15 is 0 Å². The number of methoxy groups -OCH3 is 1. The number of thiocarbonyl (C=S) groups is 1. The van der Waals surface area contributed by atoms with Crippen molar-refractivity contribution >= 4 is 45.3 Å². The molecule has 1 aromatic heterocycles. The summed E-state index contributed by atoms with van der Waals surface area (Å²) in [6.45, 7) is 5.95. The van der Waals surface area contributed by atoms with Gasteiger partial charge < -0.3 is 15.0 Å². The van der Waals surface area contributed by atoms with Crippen LogP contribution in [0, 0.1) is 19.7 Å². The van der Waals surface area contributed by atoms with Gasteiger partial charge in [0.2, 0.25) is 0 Å². The van der Waals surface area contributed by atoms with Crippen molar-refractivity contribution in [2.45, 2.75) is 39.7 Å². The molecule has 0 amide bonds. The van der Waals surface area contributed by atoms with Crippen LogP contribution in [0.2, 0.25) is 0 Å². The molecule has 0 saturated heterocycles. The molecular formula is C19H21FN2O2S2. The lowest BCUT2D eigenvalue weighted by Crippen LogP contribution is -2.44. The van der Waals surface area contributed by atoms with Crippen LogP contribution < -0.4 is 10.2 Å². The van der Waals surface area contributed by atoms with Crippen LogP contribution in [-0.2, 0) is 11.2 Å². The van der Waals surface area contributed by atoms with E-state index in [1.807, 2.05) is 18.7 Å². The van der Waals surface area contributed by atoms with Crippen LogP contribution in [0.15, 0.2) is 18.2 Å². The Labute approximate surface area is 162 Å². The third-order valence-corrected chi connectivity index (χ3v) is 6.21. The number of nitrogens with one attached hydrogen (secondary N) is 1. The van der Waals surface area contributed by atoms with E-state index in [0.717, 1.165) is 34.5 Å². The van der Waals surface area contributed by atoms with E-state index in [-0.39, 0.29) is 17.8 Å². The molecule has 1 atom stereocenters. The summed E-state index contributed by atoms with van der Waals surface area (Å²) >= 11 is 7.13. The molecule has 1 aromatic carbocycles. The molecule has 0 saturated carbocycles. The number of esters is 1. The summed E-state index contributed by atoms with van der Waals surface area (Å²) in [6, 6.07) is 4.96. The number of hydrogen-bond acceptors (Lipinski definition) is 4. The molecule has 0 spiro atoms. The molecule has 2 heterocycles. The van der Waals surface area contributed by atoms with Crippen LogP contribution >= 0.6 is 23.6 Å². The van der Waals surface area contributed by atoms with Gasteiger partial charge in [0.15, 0.2) is 5.11 Å². The van der Waals surface area contributed by atoms with E-state index in [2.05, 4.69) is 12.2 Å². The highest BCUT2D eigenvalue weighted by Crippen LogP contribution is 2.35. The van der Waals surface area contributed by atoms with E-state index in [1.54, 1.807) is 12.1 Å². The Balaban J connectivity index is 1.94. The van der Waals surface area contributed by atoms with Crippen molar-refractivity contribution in [3.05, 3.63) is 45.6 Å². The summed E-state index contributed by atoms with van der Waals surface area (Å²) in [5.74, 6) is -0.624. The fourth-order valence-corrected chi connectivity index (χ4v) is 4.74. The van der Waals surface area contributed by atoms with Gasteiger partial charge in [-0.3, -0.25) is 0 Å². The normalized spacial score (nSPS) is 16.2. The van der Waals surface area contributed by atoms with Gasteiger partial charge in [0, 0.05) is 16.6 Å². The van der Waals surface area contributed by atoms with Crippen LogP contribution in [0.3, 0.4) is 0 Å². The molecule has 138 valence electrons. The number of fused-ring (bicyclic) bond motifs is 1. The van der Waals surface area contributed by atoms with Gasteiger partial charge in [0.25, 0.3) is 0 Å². The molecule has 2 aromatic rings. The van der Waals surface area contributed by atoms with Crippen LogP contribution in [0.25, 0.3) is 0 Å². The molecule has 3 rings (SSSR count). The van der Waals surface area contributed by atoms with Crippen molar-refractivity contribution < 1.29 is 13.9 Å². The summed E-state index contributed by atoms with van der Waals surface area (Å²) < 4.78 is 18.5. The van der Waals surface area contributed by atoms with Gasteiger partial charge in [-0.15, -0.1) is 11.3 Å². The predicted molar refractivity (Wildman–Crippen MR) is 108 cm³/mol. The minimum Gasteiger partial charge on any atom is -0.465 e. The zero-order chi connectivity index (χ0) is 19.0. The van der Waals surface area contributed by atoms with Crippen LogP contribution in [-0.4, -0.2) is 24.2 Å². The molecule has 0 radical (unpaired) electrons. The second kappa shape index (κ2) is 7.32.